The van der Waals surface area contributed by atoms with Gasteiger partial charge in [0.1, 0.15) is 0 Å². The first-order valence-corrected chi connectivity index (χ1v) is 6.85. The molecule has 0 unspecified atom stereocenters. The molecule has 108 valence electrons. The Morgan fingerprint density at radius 2 is 1.95 bits per heavy atom. The summed E-state index contributed by atoms with van der Waals surface area (Å²) in [5.41, 5.74) is 4.66. The average Bonchev–Trinajstić information content (AvgIpc) is 2.91. The monoisotopic (exact) mass is 284 g/mol. The van der Waals surface area contributed by atoms with Crippen molar-refractivity contribution in [2.45, 2.75) is 6.42 Å². The number of halogens is 1. The number of imidazole rings is 1. The van der Waals surface area contributed by atoms with Crippen molar-refractivity contribution in [1.82, 2.24) is 14.6 Å². The summed E-state index contributed by atoms with van der Waals surface area (Å²) in [5, 5.41) is 4.27. The SMILES string of the molecule is CN(C)c1ccc(-c2cn3ncc(CCF)cc3n2)cc1. The number of aryl methyl sites for hydroxylation is 1. The highest BCUT2D eigenvalue weighted by Gasteiger charge is 2.06. The lowest BCUT2D eigenvalue weighted by Crippen LogP contribution is -2.07. The highest BCUT2D eigenvalue weighted by Crippen LogP contribution is 2.22. The molecule has 0 fully saturated rings. The van der Waals surface area contributed by atoms with E-state index in [1.54, 1.807) is 10.7 Å². The fourth-order valence-electron chi connectivity index (χ4n) is 2.23. The van der Waals surface area contributed by atoms with Crippen molar-refractivity contribution in [3.8, 4) is 11.3 Å². The number of rotatable bonds is 4. The van der Waals surface area contributed by atoms with Crippen LogP contribution in [0.3, 0.4) is 0 Å². The molecule has 5 heteroatoms. The van der Waals surface area contributed by atoms with Gasteiger partial charge in [-0.1, -0.05) is 12.1 Å². The Hall–Kier alpha value is -2.43. The van der Waals surface area contributed by atoms with Gasteiger partial charge in [-0.25, -0.2) is 9.50 Å². The predicted octanol–water partition coefficient (Wildman–Crippen LogP) is 2.97. The summed E-state index contributed by atoms with van der Waals surface area (Å²) < 4.78 is 14.1. The van der Waals surface area contributed by atoms with Gasteiger partial charge in [0.25, 0.3) is 0 Å². The minimum Gasteiger partial charge on any atom is -0.378 e. The van der Waals surface area contributed by atoms with Gasteiger partial charge < -0.3 is 4.90 Å². The van der Waals surface area contributed by atoms with Gasteiger partial charge in [-0.05, 0) is 23.8 Å². The summed E-state index contributed by atoms with van der Waals surface area (Å²) >= 11 is 0. The highest BCUT2D eigenvalue weighted by atomic mass is 19.1. The van der Waals surface area contributed by atoms with Crippen molar-refractivity contribution in [3.63, 3.8) is 0 Å². The molecular formula is C16H17FN4. The summed E-state index contributed by atoms with van der Waals surface area (Å²) in [6.45, 7) is -0.378. The van der Waals surface area contributed by atoms with Gasteiger partial charge in [-0.2, -0.15) is 5.10 Å². The third-order valence-electron chi connectivity index (χ3n) is 3.44. The summed E-state index contributed by atoms with van der Waals surface area (Å²) in [4.78, 5) is 6.62. The van der Waals surface area contributed by atoms with Crippen LogP contribution < -0.4 is 4.90 Å². The van der Waals surface area contributed by atoms with E-state index in [-0.39, 0.29) is 6.67 Å². The molecule has 0 amide bonds. The Morgan fingerprint density at radius 3 is 2.62 bits per heavy atom. The van der Waals surface area contributed by atoms with Gasteiger partial charge in [-0.15, -0.1) is 0 Å². The molecule has 3 aromatic rings. The van der Waals surface area contributed by atoms with Crippen LogP contribution in [0.25, 0.3) is 16.9 Å². The summed E-state index contributed by atoms with van der Waals surface area (Å²) in [6.07, 6.45) is 3.95. The van der Waals surface area contributed by atoms with Crippen molar-refractivity contribution in [2.24, 2.45) is 0 Å². The van der Waals surface area contributed by atoms with Crippen LogP contribution in [-0.2, 0) is 6.42 Å². The van der Waals surface area contributed by atoms with E-state index >= 15 is 0 Å². The number of alkyl halides is 1. The normalized spacial score (nSPS) is 11.0. The van der Waals surface area contributed by atoms with Crippen LogP contribution >= 0.6 is 0 Å². The molecule has 0 atom stereocenters. The van der Waals surface area contributed by atoms with Crippen LogP contribution in [0.2, 0.25) is 0 Å². The van der Waals surface area contributed by atoms with Crippen molar-refractivity contribution < 1.29 is 4.39 Å². The molecule has 0 N–H and O–H groups in total. The van der Waals surface area contributed by atoms with Gasteiger partial charge in [0.05, 0.1) is 24.8 Å². The zero-order valence-corrected chi connectivity index (χ0v) is 12.1. The molecule has 21 heavy (non-hydrogen) atoms. The number of benzene rings is 1. The predicted molar refractivity (Wildman–Crippen MR) is 82.4 cm³/mol. The minimum absolute atomic E-state index is 0.378. The minimum atomic E-state index is -0.378. The molecule has 0 bridgehead atoms. The Labute approximate surface area is 122 Å². The fraction of sp³-hybridized carbons (Fsp3) is 0.250. The van der Waals surface area contributed by atoms with E-state index in [4.69, 9.17) is 0 Å². The van der Waals surface area contributed by atoms with E-state index in [2.05, 4.69) is 27.1 Å². The largest absolute Gasteiger partial charge is 0.378 e. The maximum atomic E-state index is 12.4. The molecule has 0 saturated heterocycles. The van der Waals surface area contributed by atoms with Crippen LogP contribution in [0.4, 0.5) is 10.1 Å². The quantitative estimate of drug-likeness (QED) is 0.738. The average molecular weight is 284 g/mol. The molecule has 0 saturated carbocycles. The second kappa shape index (κ2) is 5.52. The van der Waals surface area contributed by atoms with E-state index in [1.807, 2.05) is 38.5 Å². The Morgan fingerprint density at radius 1 is 1.19 bits per heavy atom. The van der Waals surface area contributed by atoms with Gasteiger partial charge in [0.2, 0.25) is 0 Å². The Bertz CT molecular complexity index is 747. The maximum Gasteiger partial charge on any atom is 0.154 e. The summed E-state index contributed by atoms with van der Waals surface area (Å²) in [5.74, 6) is 0. The first-order chi connectivity index (χ1) is 10.2. The fourth-order valence-corrected chi connectivity index (χ4v) is 2.23. The smallest absolute Gasteiger partial charge is 0.154 e. The van der Waals surface area contributed by atoms with Crippen molar-refractivity contribution in [3.05, 3.63) is 48.3 Å². The summed E-state index contributed by atoms with van der Waals surface area (Å²) in [7, 11) is 4.02. The zero-order valence-electron chi connectivity index (χ0n) is 12.1. The number of anilines is 1. The van der Waals surface area contributed by atoms with Gasteiger partial charge in [0.15, 0.2) is 5.65 Å². The topological polar surface area (TPSA) is 33.4 Å². The van der Waals surface area contributed by atoms with Crippen LogP contribution in [0, 0.1) is 0 Å². The molecule has 3 rings (SSSR count). The van der Waals surface area contributed by atoms with Crippen molar-refractivity contribution >= 4 is 11.3 Å². The second-order valence-corrected chi connectivity index (χ2v) is 5.17. The molecule has 0 aliphatic heterocycles. The molecule has 1 aromatic carbocycles. The number of hydrogen-bond acceptors (Lipinski definition) is 3. The number of fused-ring (bicyclic) bond motifs is 1. The number of nitrogens with zero attached hydrogens (tertiary/aromatic N) is 4. The summed E-state index contributed by atoms with van der Waals surface area (Å²) in [6, 6.07) is 10.1. The molecule has 0 aliphatic carbocycles. The highest BCUT2D eigenvalue weighted by molar-refractivity contribution is 5.65. The van der Waals surface area contributed by atoms with E-state index in [0.717, 1.165) is 28.2 Å². The zero-order chi connectivity index (χ0) is 14.8. The van der Waals surface area contributed by atoms with Gasteiger partial charge in [-0.3, -0.25) is 4.39 Å². The van der Waals surface area contributed by atoms with Crippen LogP contribution in [0.5, 0.6) is 0 Å². The number of hydrogen-bond donors (Lipinski definition) is 0. The number of aromatic nitrogens is 3. The molecule has 0 radical (unpaired) electrons. The third-order valence-corrected chi connectivity index (χ3v) is 3.44. The van der Waals surface area contributed by atoms with E-state index in [1.165, 1.54) is 0 Å². The Kier molecular flexibility index (Phi) is 3.56. The standard InChI is InChI=1S/C16H17FN4/c1-20(2)14-5-3-13(4-6-14)15-11-21-16(19-15)9-12(7-8-17)10-18-21/h3-6,9-11H,7-8H2,1-2H3. The van der Waals surface area contributed by atoms with Crippen molar-refractivity contribution in [1.29, 1.82) is 0 Å². The van der Waals surface area contributed by atoms with E-state index in [9.17, 15) is 4.39 Å². The second-order valence-electron chi connectivity index (χ2n) is 5.17. The van der Waals surface area contributed by atoms with Crippen LogP contribution in [0.15, 0.2) is 42.7 Å². The Balaban J connectivity index is 1.96. The van der Waals surface area contributed by atoms with E-state index in [0.29, 0.717) is 6.42 Å². The van der Waals surface area contributed by atoms with E-state index < -0.39 is 0 Å². The molecule has 2 aromatic heterocycles. The molecule has 0 aliphatic rings. The van der Waals surface area contributed by atoms with Gasteiger partial charge >= 0.3 is 0 Å². The first-order valence-electron chi connectivity index (χ1n) is 6.85. The van der Waals surface area contributed by atoms with Crippen LogP contribution in [0.1, 0.15) is 5.56 Å². The molecule has 2 heterocycles. The maximum absolute atomic E-state index is 12.4. The first kappa shape index (κ1) is 13.5. The van der Waals surface area contributed by atoms with Crippen LogP contribution in [-0.4, -0.2) is 35.4 Å². The third kappa shape index (κ3) is 2.72. The lowest BCUT2D eigenvalue weighted by Gasteiger charge is -2.11. The lowest BCUT2D eigenvalue weighted by atomic mass is 10.1. The molecule has 4 nitrogen and oxygen atoms in total. The molecule has 0 spiro atoms. The lowest BCUT2D eigenvalue weighted by molar-refractivity contribution is 0.494. The van der Waals surface area contributed by atoms with Crippen molar-refractivity contribution in [2.75, 3.05) is 25.7 Å². The molecular weight excluding hydrogens is 267 g/mol. The van der Waals surface area contributed by atoms with Gasteiger partial charge in [0, 0.05) is 31.8 Å².